The van der Waals surface area contributed by atoms with Gasteiger partial charge in [0, 0.05) is 32.2 Å². The van der Waals surface area contributed by atoms with Crippen LogP contribution < -0.4 is 9.47 Å². The highest BCUT2D eigenvalue weighted by molar-refractivity contribution is 5.43. The number of rotatable bonds is 7. The van der Waals surface area contributed by atoms with Crippen LogP contribution in [0, 0.1) is 5.92 Å². The van der Waals surface area contributed by atoms with Crippen molar-refractivity contribution in [3.8, 4) is 11.5 Å². The summed E-state index contributed by atoms with van der Waals surface area (Å²) in [5.74, 6) is 2.18. The molecule has 3 unspecified atom stereocenters. The standard InChI is InChI=1S/C20H31NO4/c1-4-25-20-12-15(8-9-19(20)23-3)13-21-10-11-24-14-17(21)16-6-5-7-18(16)22-2/h8-9,12,16-18H,4-7,10-11,13-14H2,1-3H3. The van der Waals surface area contributed by atoms with Crippen LogP contribution in [-0.4, -0.2) is 57.6 Å². The third kappa shape index (κ3) is 4.27. The molecule has 1 aliphatic heterocycles. The van der Waals surface area contributed by atoms with Gasteiger partial charge in [-0.25, -0.2) is 0 Å². The Morgan fingerprint density at radius 3 is 2.84 bits per heavy atom. The van der Waals surface area contributed by atoms with Gasteiger partial charge in [-0.15, -0.1) is 0 Å². The van der Waals surface area contributed by atoms with Crippen LogP contribution >= 0.6 is 0 Å². The summed E-state index contributed by atoms with van der Waals surface area (Å²) in [6, 6.07) is 6.68. The largest absolute Gasteiger partial charge is 0.493 e. The molecule has 1 heterocycles. The van der Waals surface area contributed by atoms with Crippen LogP contribution in [0.25, 0.3) is 0 Å². The predicted molar refractivity (Wildman–Crippen MR) is 97.3 cm³/mol. The minimum Gasteiger partial charge on any atom is -0.493 e. The minimum absolute atomic E-state index is 0.365. The van der Waals surface area contributed by atoms with Crippen LogP contribution in [0.1, 0.15) is 31.7 Å². The van der Waals surface area contributed by atoms with Crippen molar-refractivity contribution in [2.75, 3.05) is 40.6 Å². The molecule has 0 bridgehead atoms. The molecule has 3 rings (SSSR count). The molecular formula is C20H31NO4. The first-order valence-corrected chi connectivity index (χ1v) is 9.41. The molecule has 1 saturated heterocycles. The van der Waals surface area contributed by atoms with Gasteiger partial charge in [0.15, 0.2) is 11.5 Å². The van der Waals surface area contributed by atoms with Crippen LogP contribution in [0.4, 0.5) is 0 Å². The second-order valence-electron chi connectivity index (χ2n) is 6.90. The quantitative estimate of drug-likeness (QED) is 0.756. The maximum atomic E-state index is 5.81. The summed E-state index contributed by atoms with van der Waals surface area (Å²) in [7, 11) is 3.52. The lowest BCUT2D eigenvalue weighted by atomic mass is 9.93. The van der Waals surface area contributed by atoms with Gasteiger partial charge >= 0.3 is 0 Å². The molecule has 1 saturated carbocycles. The Morgan fingerprint density at radius 1 is 1.20 bits per heavy atom. The molecule has 2 aliphatic rings. The Hall–Kier alpha value is -1.30. The fraction of sp³-hybridized carbons (Fsp3) is 0.700. The molecule has 25 heavy (non-hydrogen) atoms. The number of hydrogen-bond donors (Lipinski definition) is 0. The molecule has 1 aromatic rings. The first kappa shape index (κ1) is 18.5. The summed E-state index contributed by atoms with van der Waals surface area (Å²) < 4.78 is 22.7. The van der Waals surface area contributed by atoms with E-state index in [4.69, 9.17) is 18.9 Å². The fourth-order valence-corrected chi connectivity index (χ4v) is 4.26. The van der Waals surface area contributed by atoms with Crippen molar-refractivity contribution < 1.29 is 18.9 Å². The smallest absolute Gasteiger partial charge is 0.161 e. The summed E-state index contributed by atoms with van der Waals surface area (Å²) in [5, 5.41) is 0. The van der Waals surface area contributed by atoms with E-state index in [1.54, 1.807) is 7.11 Å². The Balaban J connectivity index is 1.74. The highest BCUT2D eigenvalue weighted by atomic mass is 16.5. The van der Waals surface area contributed by atoms with Crippen LogP contribution in [0.5, 0.6) is 11.5 Å². The summed E-state index contributed by atoms with van der Waals surface area (Å²) in [5.41, 5.74) is 1.25. The first-order chi connectivity index (χ1) is 12.3. The lowest BCUT2D eigenvalue weighted by molar-refractivity contribution is -0.0608. The van der Waals surface area contributed by atoms with Crippen molar-refractivity contribution in [2.24, 2.45) is 5.92 Å². The van der Waals surface area contributed by atoms with Gasteiger partial charge in [-0.2, -0.15) is 0 Å². The third-order valence-corrected chi connectivity index (χ3v) is 5.49. The van der Waals surface area contributed by atoms with E-state index in [-0.39, 0.29) is 0 Å². The molecule has 5 nitrogen and oxygen atoms in total. The summed E-state index contributed by atoms with van der Waals surface area (Å²) in [6.07, 6.45) is 4.02. The maximum absolute atomic E-state index is 5.81. The summed E-state index contributed by atoms with van der Waals surface area (Å²) in [6.45, 7) is 6.11. The highest BCUT2D eigenvalue weighted by Crippen LogP contribution is 2.35. The molecule has 5 heteroatoms. The van der Waals surface area contributed by atoms with Crippen LogP contribution in [0.15, 0.2) is 18.2 Å². The average Bonchev–Trinajstić information content (AvgIpc) is 3.11. The Kier molecular flexibility index (Phi) is 6.57. The lowest BCUT2D eigenvalue weighted by Crippen LogP contribution is -2.50. The van der Waals surface area contributed by atoms with E-state index in [0.717, 1.165) is 37.8 Å². The molecule has 0 spiro atoms. The van der Waals surface area contributed by atoms with Crippen molar-refractivity contribution in [3.63, 3.8) is 0 Å². The SMILES string of the molecule is CCOc1cc(CN2CCOCC2C2CCCC2OC)ccc1OC. The van der Waals surface area contributed by atoms with Crippen LogP contribution in [-0.2, 0) is 16.0 Å². The molecule has 1 aliphatic carbocycles. The number of nitrogens with zero attached hydrogens (tertiary/aromatic N) is 1. The average molecular weight is 349 g/mol. The predicted octanol–water partition coefficient (Wildman–Crippen LogP) is 3.11. The van der Waals surface area contributed by atoms with Gasteiger partial charge in [-0.1, -0.05) is 12.5 Å². The van der Waals surface area contributed by atoms with E-state index in [2.05, 4.69) is 17.0 Å². The van der Waals surface area contributed by atoms with Gasteiger partial charge < -0.3 is 18.9 Å². The van der Waals surface area contributed by atoms with Crippen LogP contribution in [0.3, 0.4) is 0 Å². The Bertz CT molecular complexity index is 550. The molecule has 2 fully saturated rings. The third-order valence-electron chi connectivity index (χ3n) is 5.49. The number of hydrogen-bond acceptors (Lipinski definition) is 5. The fourth-order valence-electron chi connectivity index (χ4n) is 4.26. The van der Waals surface area contributed by atoms with Crippen molar-refractivity contribution in [3.05, 3.63) is 23.8 Å². The van der Waals surface area contributed by atoms with Crippen molar-refractivity contribution in [1.29, 1.82) is 0 Å². The second-order valence-corrected chi connectivity index (χ2v) is 6.90. The molecule has 0 N–H and O–H groups in total. The van der Waals surface area contributed by atoms with E-state index in [0.29, 0.717) is 24.7 Å². The highest BCUT2D eigenvalue weighted by Gasteiger charge is 2.38. The summed E-state index contributed by atoms with van der Waals surface area (Å²) in [4.78, 5) is 2.56. The zero-order valence-corrected chi connectivity index (χ0v) is 15.7. The molecular weight excluding hydrogens is 318 g/mol. The Labute approximate surface area is 151 Å². The van der Waals surface area contributed by atoms with Gasteiger partial charge in [0.05, 0.1) is 33.0 Å². The zero-order chi connectivity index (χ0) is 17.6. The van der Waals surface area contributed by atoms with Gasteiger partial charge in [0.2, 0.25) is 0 Å². The van der Waals surface area contributed by atoms with Gasteiger partial charge in [0.25, 0.3) is 0 Å². The summed E-state index contributed by atoms with van der Waals surface area (Å²) >= 11 is 0. The molecule has 0 aromatic heterocycles. The zero-order valence-electron chi connectivity index (χ0n) is 15.7. The molecule has 0 radical (unpaired) electrons. The number of benzene rings is 1. The van der Waals surface area contributed by atoms with Crippen molar-refractivity contribution in [2.45, 2.75) is 44.9 Å². The minimum atomic E-state index is 0.365. The topological polar surface area (TPSA) is 40.2 Å². The molecule has 0 amide bonds. The van der Waals surface area contributed by atoms with E-state index < -0.39 is 0 Å². The number of morpholine rings is 1. The van der Waals surface area contributed by atoms with Crippen LogP contribution in [0.2, 0.25) is 0 Å². The Morgan fingerprint density at radius 2 is 2.08 bits per heavy atom. The molecule has 3 atom stereocenters. The van der Waals surface area contributed by atoms with Gasteiger partial charge in [0.1, 0.15) is 0 Å². The van der Waals surface area contributed by atoms with Crippen molar-refractivity contribution >= 4 is 0 Å². The monoisotopic (exact) mass is 349 g/mol. The number of methoxy groups -OCH3 is 2. The first-order valence-electron chi connectivity index (χ1n) is 9.41. The molecule has 140 valence electrons. The lowest BCUT2D eigenvalue weighted by Gasteiger charge is -2.40. The van der Waals surface area contributed by atoms with Gasteiger partial charge in [-0.3, -0.25) is 4.90 Å². The van der Waals surface area contributed by atoms with Crippen molar-refractivity contribution in [1.82, 2.24) is 4.90 Å². The van der Waals surface area contributed by atoms with E-state index in [1.165, 1.54) is 24.8 Å². The van der Waals surface area contributed by atoms with E-state index >= 15 is 0 Å². The van der Waals surface area contributed by atoms with Gasteiger partial charge in [-0.05, 0) is 37.5 Å². The normalized spacial score (nSPS) is 27.4. The molecule has 1 aromatic carbocycles. The van der Waals surface area contributed by atoms with E-state index in [1.807, 2.05) is 20.1 Å². The number of ether oxygens (including phenoxy) is 4. The second kappa shape index (κ2) is 8.88. The van der Waals surface area contributed by atoms with E-state index in [9.17, 15) is 0 Å². The maximum Gasteiger partial charge on any atom is 0.161 e.